The SMILES string of the molecule is CC(=O)O[C@@H]1C[C@H](n2cc(F)c(=O)[nH]c2=O)O[C@@H]1COP(=O)(O)OCCCCCCSC(=O)OCc1ccccc1. The van der Waals surface area contributed by atoms with Crippen LogP contribution in [0.2, 0.25) is 0 Å². The number of phosphoric ester groups is 1. The first kappa shape index (κ1) is 32.7. The summed E-state index contributed by atoms with van der Waals surface area (Å²) in [7, 11) is -4.49. The van der Waals surface area contributed by atoms with Crippen LogP contribution in [-0.4, -0.2) is 56.9 Å². The Morgan fingerprint density at radius 1 is 1.17 bits per heavy atom. The number of hydrogen-bond acceptors (Lipinski definition) is 11. The van der Waals surface area contributed by atoms with Gasteiger partial charge in [-0.05, 0) is 30.2 Å². The minimum atomic E-state index is -4.49. The molecule has 226 valence electrons. The second kappa shape index (κ2) is 16.0. The highest BCUT2D eigenvalue weighted by Crippen LogP contribution is 2.44. The van der Waals surface area contributed by atoms with E-state index in [2.05, 4.69) is 0 Å². The smallest absolute Gasteiger partial charge is 0.460 e. The van der Waals surface area contributed by atoms with Gasteiger partial charge in [-0.3, -0.25) is 28.2 Å². The van der Waals surface area contributed by atoms with Gasteiger partial charge >= 0.3 is 24.8 Å². The monoisotopic (exact) mass is 618 g/mol. The molecule has 1 unspecified atom stereocenters. The third-order valence-electron chi connectivity index (χ3n) is 5.85. The highest BCUT2D eigenvalue weighted by Gasteiger charge is 2.40. The molecule has 1 aromatic carbocycles. The van der Waals surface area contributed by atoms with Gasteiger partial charge in [-0.15, -0.1) is 0 Å². The van der Waals surface area contributed by atoms with Crippen LogP contribution in [0, 0.1) is 5.82 Å². The molecule has 2 N–H and O–H groups in total. The van der Waals surface area contributed by atoms with Gasteiger partial charge in [0, 0.05) is 19.1 Å². The maximum atomic E-state index is 13.7. The summed E-state index contributed by atoms with van der Waals surface area (Å²) >= 11 is 1.09. The number of aromatic amines is 1. The van der Waals surface area contributed by atoms with Crippen LogP contribution in [0.15, 0.2) is 46.1 Å². The summed E-state index contributed by atoms with van der Waals surface area (Å²) in [4.78, 5) is 58.5. The molecule has 0 amide bonds. The molecule has 1 fully saturated rings. The maximum absolute atomic E-state index is 13.7. The fraction of sp³-hybridized carbons (Fsp3) is 0.520. The molecular weight excluding hydrogens is 586 g/mol. The van der Waals surface area contributed by atoms with Crippen molar-refractivity contribution in [1.82, 2.24) is 9.55 Å². The Labute approximate surface area is 238 Å². The number of carbonyl (C=O) groups excluding carboxylic acids is 2. The molecule has 2 heterocycles. The topological polar surface area (TPSA) is 172 Å². The maximum Gasteiger partial charge on any atom is 0.472 e. The Morgan fingerprint density at radius 2 is 1.90 bits per heavy atom. The number of nitrogens with zero attached hydrogens (tertiary/aromatic N) is 1. The number of unbranched alkanes of at least 4 members (excludes halogenated alkanes) is 3. The summed E-state index contributed by atoms with van der Waals surface area (Å²) in [6.45, 7) is 0.780. The fourth-order valence-corrected chi connectivity index (χ4v) is 5.32. The van der Waals surface area contributed by atoms with Gasteiger partial charge in [-0.25, -0.2) is 14.2 Å². The van der Waals surface area contributed by atoms with Crippen LogP contribution in [-0.2, 0) is 39.2 Å². The highest BCUT2D eigenvalue weighted by atomic mass is 32.2. The van der Waals surface area contributed by atoms with E-state index in [0.29, 0.717) is 24.8 Å². The van der Waals surface area contributed by atoms with Crippen LogP contribution in [0.25, 0.3) is 0 Å². The summed E-state index contributed by atoms with van der Waals surface area (Å²) in [5, 5.41) is -0.345. The van der Waals surface area contributed by atoms with Gasteiger partial charge in [0.2, 0.25) is 5.82 Å². The third-order valence-corrected chi connectivity index (χ3v) is 7.68. The van der Waals surface area contributed by atoms with Crippen molar-refractivity contribution in [1.29, 1.82) is 0 Å². The van der Waals surface area contributed by atoms with Gasteiger partial charge < -0.3 is 19.1 Å². The second-order valence-corrected chi connectivity index (χ2v) is 11.5. The van der Waals surface area contributed by atoms with Crippen LogP contribution < -0.4 is 11.2 Å². The molecule has 41 heavy (non-hydrogen) atoms. The van der Waals surface area contributed by atoms with Crippen molar-refractivity contribution in [2.24, 2.45) is 0 Å². The summed E-state index contributed by atoms with van der Waals surface area (Å²) in [6.07, 6.45) is 0.0505. The molecule has 13 nitrogen and oxygen atoms in total. The number of thioether (sulfide) groups is 1. The lowest BCUT2D eigenvalue weighted by atomic mass is 10.2. The number of rotatable bonds is 15. The van der Waals surface area contributed by atoms with E-state index in [1.54, 1.807) is 4.98 Å². The number of nitrogens with one attached hydrogen (secondary N) is 1. The molecule has 1 aromatic heterocycles. The zero-order valence-corrected chi connectivity index (χ0v) is 24.0. The first-order valence-electron chi connectivity index (χ1n) is 12.8. The van der Waals surface area contributed by atoms with Gasteiger partial charge in [0.1, 0.15) is 25.0 Å². The number of H-pyrrole nitrogens is 1. The van der Waals surface area contributed by atoms with E-state index in [0.717, 1.165) is 41.7 Å². The fourth-order valence-electron chi connectivity index (χ4n) is 3.89. The van der Waals surface area contributed by atoms with E-state index in [1.165, 1.54) is 0 Å². The minimum absolute atomic E-state index is 0.0619. The molecule has 16 heteroatoms. The molecule has 4 atom stereocenters. The lowest BCUT2D eigenvalue weighted by molar-refractivity contribution is -0.150. The van der Waals surface area contributed by atoms with Crippen molar-refractivity contribution in [3.05, 3.63) is 68.7 Å². The van der Waals surface area contributed by atoms with E-state index < -0.39 is 55.9 Å². The van der Waals surface area contributed by atoms with Gasteiger partial charge in [0.25, 0.3) is 5.56 Å². The number of esters is 1. The number of phosphoric acid groups is 1. The summed E-state index contributed by atoms with van der Waals surface area (Å²) < 4.78 is 52.8. The number of ether oxygens (including phenoxy) is 3. The summed E-state index contributed by atoms with van der Waals surface area (Å²) in [6, 6.07) is 9.37. The van der Waals surface area contributed by atoms with Crippen LogP contribution in [0.1, 0.15) is 50.8 Å². The number of aromatic nitrogens is 2. The molecule has 0 aliphatic carbocycles. The Kier molecular flexibility index (Phi) is 12.8. The standard InChI is InChI=1S/C25H32FN2O11PS/c1-17(29)38-20-13-22(28-14-19(26)23(30)27-24(28)31)39-21(20)16-37-40(33,34)36-11-7-2-3-8-12-41-25(32)35-15-18-9-5-4-6-10-18/h4-6,9-10,14,20-22H,2-3,7-8,11-13,15-16H2,1H3,(H,33,34)(H,27,30,31)/t20-,21-,22-/m1/s1. The zero-order chi connectivity index (χ0) is 29.8. The molecule has 3 rings (SSSR count). The molecular formula is C25H32FN2O11PS. The molecule has 1 saturated heterocycles. The first-order chi connectivity index (χ1) is 19.5. The molecule has 2 aromatic rings. The largest absolute Gasteiger partial charge is 0.472 e. The van der Waals surface area contributed by atoms with Crippen molar-refractivity contribution in [3.8, 4) is 0 Å². The van der Waals surface area contributed by atoms with E-state index in [1.807, 2.05) is 30.3 Å². The van der Waals surface area contributed by atoms with Crippen molar-refractivity contribution >= 4 is 30.9 Å². The molecule has 1 aliphatic heterocycles. The molecule has 0 saturated carbocycles. The van der Waals surface area contributed by atoms with Crippen molar-refractivity contribution < 1.29 is 46.7 Å². The zero-order valence-electron chi connectivity index (χ0n) is 22.3. The Morgan fingerprint density at radius 3 is 2.63 bits per heavy atom. The van der Waals surface area contributed by atoms with Crippen molar-refractivity contribution in [3.63, 3.8) is 0 Å². The van der Waals surface area contributed by atoms with E-state index in [-0.39, 0.29) is 24.9 Å². The summed E-state index contributed by atoms with van der Waals surface area (Å²) in [5.74, 6) is -1.31. The Balaban J connectivity index is 1.33. The third kappa shape index (κ3) is 11.2. The normalized spacial score (nSPS) is 19.9. The van der Waals surface area contributed by atoms with Crippen LogP contribution in [0.5, 0.6) is 0 Å². The van der Waals surface area contributed by atoms with Gasteiger partial charge in [-0.1, -0.05) is 43.2 Å². The van der Waals surface area contributed by atoms with E-state index in [9.17, 15) is 33.0 Å². The van der Waals surface area contributed by atoms with Gasteiger partial charge in [-0.2, -0.15) is 4.39 Å². The van der Waals surface area contributed by atoms with Crippen molar-refractivity contribution in [2.75, 3.05) is 19.0 Å². The quantitative estimate of drug-likeness (QED) is 0.169. The predicted octanol–water partition coefficient (Wildman–Crippen LogP) is 3.66. The summed E-state index contributed by atoms with van der Waals surface area (Å²) in [5.41, 5.74) is -1.23. The van der Waals surface area contributed by atoms with Crippen LogP contribution in [0.3, 0.4) is 0 Å². The lowest BCUT2D eigenvalue weighted by Gasteiger charge is -2.20. The highest BCUT2D eigenvalue weighted by molar-refractivity contribution is 8.13. The molecule has 1 aliphatic rings. The van der Waals surface area contributed by atoms with Gasteiger partial charge in [0.15, 0.2) is 0 Å². The van der Waals surface area contributed by atoms with Crippen molar-refractivity contribution in [2.45, 2.75) is 64.1 Å². The van der Waals surface area contributed by atoms with E-state index >= 15 is 0 Å². The minimum Gasteiger partial charge on any atom is -0.460 e. The second-order valence-electron chi connectivity index (χ2n) is 9.04. The van der Waals surface area contributed by atoms with Crippen LogP contribution in [0.4, 0.5) is 9.18 Å². The molecule has 0 radical (unpaired) electrons. The molecule has 0 bridgehead atoms. The van der Waals surface area contributed by atoms with Gasteiger partial charge in [0.05, 0.1) is 19.4 Å². The molecule has 0 spiro atoms. The Hall–Kier alpha value is -2.81. The number of halogens is 1. The number of carbonyl (C=O) groups is 2. The predicted molar refractivity (Wildman–Crippen MR) is 145 cm³/mol. The lowest BCUT2D eigenvalue weighted by Crippen LogP contribution is -2.34. The number of benzene rings is 1. The van der Waals surface area contributed by atoms with E-state index in [4.69, 9.17) is 23.3 Å². The average molecular weight is 619 g/mol. The number of hydrogen-bond donors (Lipinski definition) is 2. The Bertz CT molecular complexity index is 1320. The average Bonchev–Trinajstić information content (AvgIpc) is 3.32. The first-order valence-corrected chi connectivity index (χ1v) is 15.3. The van der Waals surface area contributed by atoms with Crippen LogP contribution >= 0.6 is 19.6 Å².